The first kappa shape index (κ1) is 17.7. The number of hydrogen-bond acceptors (Lipinski definition) is 4. The van der Waals surface area contributed by atoms with Crippen molar-refractivity contribution in [3.63, 3.8) is 0 Å². The molecular weight excluding hydrogens is 278 g/mol. The molecule has 1 aliphatic carbocycles. The summed E-state index contributed by atoms with van der Waals surface area (Å²) in [6.45, 7) is 11.4. The molecule has 2 fully saturated rings. The minimum atomic E-state index is -0.322. The second kappa shape index (κ2) is 7.75. The number of piperazine rings is 1. The third-order valence-corrected chi connectivity index (χ3v) is 5.10. The van der Waals surface area contributed by atoms with Gasteiger partial charge in [0.05, 0.1) is 18.6 Å². The van der Waals surface area contributed by atoms with Gasteiger partial charge in [-0.05, 0) is 33.6 Å². The Morgan fingerprint density at radius 2 is 1.95 bits per heavy atom. The van der Waals surface area contributed by atoms with Crippen molar-refractivity contribution in [2.45, 2.75) is 58.1 Å². The van der Waals surface area contributed by atoms with Gasteiger partial charge in [-0.2, -0.15) is 0 Å². The van der Waals surface area contributed by atoms with Crippen molar-refractivity contribution in [3.8, 4) is 0 Å². The molecule has 0 aromatic heterocycles. The monoisotopic (exact) mass is 311 g/mol. The lowest BCUT2D eigenvalue weighted by Crippen LogP contribution is -2.57. The van der Waals surface area contributed by atoms with E-state index in [0.717, 1.165) is 65.0 Å². The van der Waals surface area contributed by atoms with Crippen LogP contribution < -0.4 is 5.73 Å². The summed E-state index contributed by atoms with van der Waals surface area (Å²) in [5.74, 6) is 0.292. The Morgan fingerprint density at radius 3 is 2.55 bits per heavy atom. The third-order valence-electron chi connectivity index (χ3n) is 5.10. The molecule has 2 atom stereocenters. The molecule has 1 saturated carbocycles. The molecule has 5 nitrogen and oxygen atoms in total. The van der Waals surface area contributed by atoms with Gasteiger partial charge in [0.25, 0.3) is 0 Å². The SMILES string of the molecule is CC(C)OCCN1CCN(C(=O)C2CCCCC2(C)N)CC1. The van der Waals surface area contributed by atoms with Crippen molar-refractivity contribution in [3.05, 3.63) is 0 Å². The summed E-state index contributed by atoms with van der Waals surface area (Å²) in [4.78, 5) is 17.2. The van der Waals surface area contributed by atoms with E-state index < -0.39 is 0 Å². The molecule has 128 valence electrons. The van der Waals surface area contributed by atoms with Crippen molar-refractivity contribution in [2.24, 2.45) is 11.7 Å². The van der Waals surface area contributed by atoms with Crippen LogP contribution in [0, 0.1) is 5.92 Å². The largest absolute Gasteiger partial charge is 0.377 e. The average Bonchev–Trinajstić information content (AvgIpc) is 2.46. The third kappa shape index (κ3) is 4.67. The Kier molecular flexibility index (Phi) is 6.24. The lowest BCUT2D eigenvalue weighted by atomic mass is 9.74. The molecule has 0 bridgehead atoms. The van der Waals surface area contributed by atoms with Gasteiger partial charge in [-0.15, -0.1) is 0 Å². The van der Waals surface area contributed by atoms with Gasteiger partial charge in [-0.1, -0.05) is 12.8 Å². The molecule has 2 aliphatic rings. The van der Waals surface area contributed by atoms with E-state index in [4.69, 9.17) is 10.5 Å². The zero-order valence-electron chi connectivity index (χ0n) is 14.5. The topological polar surface area (TPSA) is 58.8 Å². The highest BCUT2D eigenvalue weighted by atomic mass is 16.5. The van der Waals surface area contributed by atoms with E-state index in [1.165, 1.54) is 0 Å². The van der Waals surface area contributed by atoms with E-state index in [1.54, 1.807) is 0 Å². The maximum absolute atomic E-state index is 12.8. The molecule has 22 heavy (non-hydrogen) atoms. The molecule has 5 heteroatoms. The summed E-state index contributed by atoms with van der Waals surface area (Å²) in [5, 5.41) is 0. The minimum Gasteiger partial charge on any atom is -0.377 e. The second-order valence-electron chi connectivity index (χ2n) is 7.39. The van der Waals surface area contributed by atoms with E-state index in [0.29, 0.717) is 0 Å². The molecule has 1 amide bonds. The first-order valence-electron chi connectivity index (χ1n) is 8.82. The van der Waals surface area contributed by atoms with Crippen LogP contribution in [0.2, 0.25) is 0 Å². The van der Waals surface area contributed by atoms with Crippen LogP contribution in [0.25, 0.3) is 0 Å². The number of rotatable bonds is 5. The fourth-order valence-corrected chi connectivity index (χ4v) is 3.59. The molecule has 0 aromatic rings. The van der Waals surface area contributed by atoms with Crippen LogP contribution in [-0.4, -0.2) is 66.7 Å². The van der Waals surface area contributed by atoms with Crippen LogP contribution in [-0.2, 0) is 9.53 Å². The maximum atomic E-state index is 12.8. The fourth-order valence-electron chi connectivity index (χ4n) is 3.59. The Hall–Kier alpha value is -0.650. The van der Waals surface area contributed by atoms with E-state index in [-0.39, 0.29) is 23.5 Å². The normalized spacial score (nSPS) is 30.8. The molecule has 1 heterocycles. The number of carbonyl (C=O) groups excluding carboxylic acids is 1. The zero-order chi connectivity index (χ0) is 16.2. The number of ether oxygens (including phenoxy) is 1. The molecule has 0 spiro atoms. The van der Waals surface area contributed by atoms with Crippen LogP contribution in [0.3, 0.4) is 0 Å². The van der Waals surface area contributed by atoms with Gasteiger partial charge < -0.3 is 15.4 Å². The van der Waals surface area contributed by atoms with Crippen LogP contribution >= 0.6 is 0 Å². The highest BCUT2D eigenvalue weighted by Crippen LogP contribution is 2.33. The Balaban J connectivity index is 1.77. The predicted octanol–water partition coefficient (Wildman–Crippen LogP) is 1.46. The first-order valence-corrected chi connectivity index (χ1v) is 8.82. The van der Waals surface area contributed by atoms with E-state index in [9.17, 15) is 4.79 Å². The van der Waals surface area contributed by atoms with Gasteiger partial charge in [0.2, 0.25) is 5.91 Å². The molecule has 2 rings (SSSR count). The highest BCUT2D eigenvalue weighted by molar-refractivity contribution is 5.80. The number of carbonyl (C=O) groups is 1. The Labute approximate surface area is 135 Å². The van der Waals surface area contributed by atoms with Crippen LogP contribution in [0.5, 0.6) is 0 Å². The molecule has 1 aliphatic heterocycles. The predicted molar refractivity (Wildman–Crippen MR) is 88.7 cm³/mol. The summed E-state index contributed by atoms with van der Waals surface area (Å²) in [6.07, 6.45) is 4.50. The highest BCUT2D eigenvalue weighted by Gasteiger charge is 2.40. The molecule has 1 saturated heterocycles. The maximum Gasteiger partial charge on any atom is 0.227 e. The standard InChI is InChI=1S/C17H33N3O2/c1-14(2)22-13-12-19-8-10-20(11-9-19)16(21)15-6-4-5-7-17(15,3)18/h14-15H,4-13,18H2,1-3H3. The zero-order valence-corrected chi connectivity index (χ0v) is 14.5. The number of amides is 1. The molecular formula is C17H33N3O2. The van der Waals surface area contributed by atoms with Gasteiger partial charge >= 0.3 is 0 Å². The van der Waals surface area contributed by atoms with Crippen molar-refractivity contribution >= 4 is 5.91 Å². The van der Waals surface area contributed by atoms with Crippen LogP contribution in [0.4, 0.5) is 0 Å². The second-order valence-corrected chi connectivity index (χ2v) is 7.39. The van der Waals surface area contributed by atoms with E-state index >= 15 is 0 Å². The summed E-state index contributed by atoms with van der Waals surface area (Å²) in [5.41, 5.74) is 6.05. The van der Waals surface area contributed by atoms with Crippen LogP contribution in [0.1, 0.15) is 46.5 Å². The summed E-state index contributed by atoms with van der Waals surface area (Å²) in [6, 6.07) is 0. The van der Waals surface area contributed by atoms with Gasteiger partial charge in [0.1, 0.15) is 0 Å². The fraction of sp³-hybridized carbons (Fsp3) is 0.941. The Morgan fingerprint density at radius 1 is 1.27 bits per heavy atom. The van der Waals surface area contributed by atoms with Gasteiger partial charge in [0, 0.05) is 38.3 Å². The average molecular weight is 311 g/mol. The van der Waals surface area contributed by atoms with E-state index in [1.807, 2.05) is 11.8 Å². The number of nitrogens with two attached hydrogens (primary N) is 1. The van der Waals surface area contributed by atoms with Crippen molar-refractivity contribution in [1.82, 2.24) is 9.80 Å². The van der Waals surface area contributed by atoms with Gasteiger partial charge in [-0.25, -0.2) is 0 Å². The number of hydrogen-bond donors (Lipinski definition) is 1. The summed E-state index contributed by atoms with van der Waals surface area (Å²) >= 11 is 0. The summed E-state index contributed by atoms with van der Waals surface area (Å²) < 4.78 is 5.60. The number of nitrogens with zero attached hydrogens (tertiary/aromatic N) is 2. The lowest BCUT2D eigenvalue weighted by Gasteiger charge is -2.42. The molecule has 0 radical (unpaired) electrons. The van der Waals surface area contributed by atoms with Crippen molar-refractivity contribution < 1.29 is 9.53 Å². The van der Waals surface area contributed by atoms with Crippen LogP contribution in [0.15, 0.2) is 0 Å². The van der Waals surface area contributed by atoms with Crippen molar-refractivity contribution in [1.29, 1.82) is 0 Å². The molecule has 2 unspecified atom stereocenters. The molecule has 2 N–H and O–H groups in total. The molecule has 0 aromatic carbocycles. The Bertz CT molecular complexity index is 363. The first-order chi connectivity index (χ1) is 10.4. The van der Waals surface area contributed by atoms with E-state index in [2.05, 4.69) is 18.7 Å². The van der Waals surface area contributed by atoms with Crippen molar-refractivity contribution in [2.75, 3.05) is 39.3 Å². The van der Waals surface area contributed by atoms with Gasteiger partial charge in [0.15, 0.2) is 0 Å². The smallest absolute Gasteiger partial charge is 0.227 e. The minimum absolute atomic E-state index is 0.0112. The quantitative estimate of drug-likeness (QED) is 0.835. The van der Waals surface area contributed by atoms with Gasteiger partial charge in [-0.3, -0.25) is 9.69 Å². The summed E-state index contributed by atoms with van der Waals surface area (Å²) in [7, 11) is 0. The lowest BCUT2D eigenvalue weighted by molar-refractivity contribution is -0.140.